The molecule has 0 bridgehead atoms. The van der Waals surface area contributed by atoms with Crippen LogP contribution in [0.4, 0.5) is 5.69 Å². The smallest absolute Gasteiger partial charge is 0.274 e. The van der Waals surface area contributed by atoms with Crippen molar-refractivity contribution in [1.82, 2.24) is 9.97 Å². The van der Waals surface area contributed by atoms with Gasteiger partial charge < -0.3 is 10.1 Å². The Balaban J connectivity index is 1.59. The SMILES string of the molecule is O=C(Nc1cnc2c(c1)COCC2)c1ccc2ccccc2n1. The standard InChI is InChI=1S/C18H15N3O2/c22-18(17-6-5-12-3-1-2-4-16(12)21-17)20-14-9-13-11-23-8-7-15(13)19-10-14/h1-6,9-10H,7-8,11H2,(H,20,22). The number of para-hydroxylation sites is 1. The van der Waals surface area contributed by atoms with Gasteiger partial charge in [0.15, 0.2) is 0 Å². The summed E-state index contributed by atoms with van der Waals surface area (Å²) in [6, 6.07) is 13.3. The highest BCUT2D eigenvalue weighted by Gasteiger charge is 2.13. The van der Waals surface area contributed by atoms with Crippen LogP contribution in [0, 0.1) is 0 Å². The molecule has 1 amide bonds. The number of pyridine rings is 2. The van der Waals surface area contributed by atoms with E-state index in [4.69, 9.17) is 4.74 Å². The number of benzene rings is 1. The van der Waals surface area contributed by atoms with Crippen molar-refractivity contribution in [2.24, 2.45) is 0 Å². The molecule has 5 heteroatoms. The molecule has 2 aromatic heterocycles. The molecule has 0 fully saturated rings. The van der Waals surface area contributed by atoms with E-state index in [-0.39, 0.29) is 5.91 Å². The maximum Gasteiger partial charge on any atom is 0.274 e. The van der Waals surface area contributed by atoms with E-state index < -0.39 is 0 Å². The summed E-state index contributed by atoms with van der Waals surface area (Å²) in [5, 5.41) is 3.86. The average Bonchev–Trinajstić information content (AvgIpc) is 2.61. The summed E-state index contributed by atoms with van der Waals surface area (Å²) >= 11 is 0. The Hall–Kier alpha value is -2.79. The van der Waals surface area contributed by atoms with Crippen molar-refractivity contribution in [2.45, 2.75) is 13.0 Å². The van der Waals surface area contributed by atoms with Crippen molar-refractivity contribution in [3.8, 4) is 0 Å². The average molecular weight is 305 g/mol. The molecule has 4 rings (SSSR count). The van der Waals surface area contributed by atoms with Gasteiger partial charge in [-0.2, -0.15) is 0 Å². The number of anilines is 1. The summed E-state index contributed by atoms with van der Waals surface area (Å²) in [7, 11) is 0. The number of ether oxygens (including phenoxy) is 1. The molecule has 114 valence electrons. The molecule has 1 aliphatic heterocycles. The van der Waals surface area contributed by atoms with Gasteiger partial charge in [0, 0.05) is 23.1 Å². The number of carbonyl (C=O) groups is 1. The Kier molecular flexibility index (Phi) is 3.48. The Morgan fingerprint density at radius 3 is 3.04 bits per heavy atom. The van der Waals surface area contributed by atoms with Gasteiger partial charge in [0.05, 0.1) is 30.6 Å². The molecule has 5 nitrogen and oxygen atoms in total. The van der Waals surface area contributed by atoms with E-state index in [1.54, 1.807) is 12.3 Å². The first-order valence-electron chi connectivity index (χ1n) is 7.52. The zero-order chi connectivity index (χ0) is 15.6. The van der Waals surface area contributed by atoms with E-state index in [2.05, 4.69) is 15.3 Å². The summed E-state index contributed by atoms with van der Waals surface area (Å²) in [6.45, 7) is 1.24. The van der Waals surface area contributed by atoms with Crippen molar-refractivity contribution in [2.75, 3.05) is 11.9 Å². The van der Waals surface area contributed by atoms with Crippen molar-refractivity contribution in [3.63, 3.8) is 0 Å². The highest BCUT2D eigenvalue weighted by molar-refractivity contribution is 6.04. The fraction of sp³-hybridized carbons (Fsp3) is 0.167. The lowest BCUT2D eigenvalue weighted by Gasteiger charge is -2.16. The van der Waals surface area contributed by atoms with Crippen LogP contribution in [-0.4, -0.2) is 22.5 Å². The van der Waals surface area contributed by atoms with Crippen molar-refractivity contribution in [3.05, 3.63) is 65.6 Å². The largest absolute Gasteiger partial charge is 0.376 e. The summed E-state index contributed by atoms with van der Waals surface area (Å²) < 4.78 is 5.42. The minimum atomic E-state index is -0.241. The van der Waals surface area contributed by atoms with Crippen LogP contribution in [0.15, 0.2) is 48.7 Å². The maximum absolute atomic E-state index is 12.4. The van der Waals surface area contributed by atoms with E-state index in [9.17, 15) is 4.79 Å². The molecule has 1 aliphatic rings. The molecule has 0 saturated carbocycles. The number of hydrogen-bond acceptors (Lipinski definition) is 4. The van der Waals surface area contributed by atoms with E-state index in [1.807, 2.05) is 36.4 Å². The normalized spacial score (nSPS) is 13.6. The van der Waals surface area contributed by atoms with Crippen LogP contribution in [0.5, 0.6) is 0 Å². The Morgan fingerprint density at radius 2 is 2.09 bits per heavy atom. The molecule has 0 aliphatic carbocycles. The quantitative estimate of drug-likeness (QED) is 0.790. The molecule has 1 N–H and O–H groups in total. The summed E-state index contributed by atoms with van der Waals surface area (Å²) in [4.78, 5) is 21.2. The van der Waals surface area contributed by atoms with Gasteiger partial charge in [-0.15, -0.1) is 0 Å². The van der Waals surface area contributed by atoms with Gasteiger partial charge in [0.2, 0.25) is 0 Å². The molecular formula is C18H15N3O2. The third-order valence-corrected chi connectivity index (χ3v) is 3.89. The molecule has 3 heterocycles. The summed E-state index contributed by atoms with van der Waals surface area (Å²) in [5.41, 5.74) is 3.92. The van der Waals surface area contributed by atoms with Crippen LogP contribution in [0.2, 0.25) is 0 Å². The molecule has 0 radical (unpaired) electrons. The Bertz CT molecular complexity index is 892. The van der Waals surface area contributed by atoms with Gasteiger partial charge in [0.25, 0.3) is 5.91 Å². The van der Waals surface area contributed by atoms with Crippen LogP contribution in [-0.2, 0) is 17.8 Å². The predicted molar refractivity (Wildman–Crippen MR) is 87.3 cm³/mol. The van der Waals surface area contributed by atoms with Crippen LogP contribution >= 0.6 is 0 Å². The fourth-order valence-corrected chi connectivity index (χ4v) is 2.70. The second-order valence-corrected chi connectivity index (χ2v) is 5.48. The second-order valence-electron chi connectivity index (χ2n) is 5.48. The van der Waals surface area contributed by atoms with Crippen LogP contribution in [0.1, 0.15) is 21.7 Å². The van der Waals surface area contributed by atoms with Crippen molar-refractivity contribution < 1.29 is 9.53 Å². The van der Waals surface area contributed by atoms with E-state index in [0.29, 0.717) is 24.6 Å². The molecule has 0 saturated heterocycles. The molecule has 0 atom stereocenters. The zero-order valence-electron chi connectivity index (χ0n) is 12.5. The third-order valence-electron chi connectivity index (χ3n) is 3.89. The van der Waals surface area contributed by atoms with E-state index in [0.717, 1.165) is 28.6 Å². The van der Waals surface area contributed by atoms with Gasteiger partial charge >= 0.3 is 0 Å². The molecule has 0 unspecified atom stereocenters. The monoisotopic (exact) mass is 305 g/mol. The lowest BCUT2D eigenvalue weighted by atomic mass is 10.1. The number of fused-ring (bicyclic) bond motifs is 2. The van der Waals surface area contributed by atoms with Crippen LogP contribution in [0.3, 0.4) is 0 Å². The van der Waals surface area contributed by atoms with Gasteiger partial charge in [-0.05, 0) is 18.2 Å². The lowest BCUT2D eigenvalue weighted by molar-refractivity contribution is 0.102. The number of nitrogens with zero attached hydrogens (tertiary/aromatic N) is 2. The first kappa shape index (κ1) is 13.8. The fourth-order valence-electron chi connectivity index (χ4n) is 2.70. The highest BCUT2D eigenvalue weighted by Crippen LogP contribution is 2.19. The number of hydrogen-bond donors (Lipinski definition) is 1. The molecule has 3 aromatic rings. The van der Waals surface area contributed by atoms with Gasteiger partial charge in [-0.1, -0.05) is 24.3 Å². The number of carbonyl (C=O) groups excluding carboxylic acids is 1. The number of rotatable bonds is 2. The minimum Gasteiger partial charge on any atom is -0.376 e. The maximum atomic E-state index is 12.4. The number of nitrogens with one attached hydrogen (secondary N) is 1. The van der Waals surface area contributed by atoms with Crippen molar-refractivity contribution >= 4 is 22.5 Å². The topological polar surface area (TPSA) is 64.1 Å². The summed E-state index contributed by atoms with van der Waals surface area (Å²) in [6.07, 6.45) is 2.50. The summed E-state index contributed by atoms with van der Waals surface area (Å²) in [5.74, 6) is -0.241. The molecule has 23 heavy (non-hydrogen) atoms. The Morgan fingerprint density at radius 1 is 1.17 bits per heavy atom. The van der Waals surface area contributed by atoms with Gasteiger partial charge in [-0.3, -0.25) is 9.78 Å². The predicted octanol–water partition coefficient (Wildman–Crippen LogP) is 2.95. The van der Waals surface area contributed by atoms with E-state index in [1.165, 1.54) is 0 Å². The first-order valence-corrected chi connectivity index (χ1v) is 7.52. The lowest BCUT2D eigenvalue weighted by Crippen LogP contribution is -2.16. The first-order chi connectivity index (χ1) is 11.3. The molecule has 0 spiro atoms. The second kappa shape index (κ2) is 5.78. The minimum absolute atomic E-state index is 0.241. The third kappa shape index (κ3) is 2.78. The Labute approximate surface area is 133 Å². The van der Waals surface area contributed by atoms with E-state index >= 15 is 0 Å². The van der Waals surface area contributed by atoms with Crippen molar-refractivity contribution in [1.29, 1.82) is 0 Å². The zero-order valence-corrected chi connectivity index (χ0v) is 12.5. The van der Waals surface area contributed by atoms with Gasteiger partial charge in [0.1, 0.15) is 5.69 Å². The van der Waals surface area contributed by atoms with Crippen LogP contribution < -0.4 is 5.32 Å². The van der Waals surface area contributed by atoms with Crippen LogP contribution in [0.25, 0.3) is 10.9 Å². The molecule has 1 aromatic carbocycles. The number of aromatic nitrogens is 2. The van der Waals surface area contributed by atoms with Gasteiger partial charge in [-0.25, -0.2) is 4.98 Å². The highest BCUT2D eigenvalue weighted by atomic mass is 16.5. The number of amides is 1. The molecular weight excluding hydrogens is 290 g/mol.